The molecule has 0 spiro atoms. The quantitative estimate of drug-likeness (QED) is 0.737. The van der Waals surface area contributed by atoms with Crippen molar-refractivity contribution in [3.63, 3.8) is 0 Å². The van der Waals surface area contributed by atoms with Gasteiger partial charge in [-0.2, -0.15) is 0 Å². The fraction of sp³-hybridized carbons (Fsp3) is 0.571. The maximum atomic E-state index is 11.1. The molecule has 0 N–H and O–H groups in total. The van der Waals surface area contributed by atoms with Crippen molar-refractivity contribution in [1.29, 1.82) is 0 Å². The van der Waals surface area contributed by atoms with Gasteiger partial charge in [-0.25, -0.2) is 4.98 Å². The number of aryl methyl sites for hydroxylation is 1. The summed E-state index contributed by atoms with van der Waals surface area (Å²) in [5, 5.41) is 0. The van der Waals surface area contributed by atoms with E-state index in [1.54, 1.807) is 13.0 Å². The Bertz CT molecular complexity index is 335. The third-order valence-electron chi connectivity index (χ3n) is 2.21. The van der Waals surface area contributed by atoms with Crippen molar-refractivity contribution >= 4 is 5.78 Å². The minimum atomic E-state index is 0.0319. The molecule has 3 nitrogen and oxygen atoms in total. The molecule has 0 radical (unpaired) electrons. The number of ketones is 1. The molecular weight excluding hydrogens is 212 g/mol. The summed E-state index contributed by atoms with van der Waals surface area (Å²) in [6, 6.07) is 5.63. The third-order valence-corrected chi connectivity index (χ3v) is 2.21. The fourth-order valence-corrected chi connectivity index (χ4v) is 1.39. The Kier molecular flexibility index (Phi) is 8.24. The summed E-state index contributed by atoms with van der Waals surface area (Å²) < 4.78 is 0. The van der Waals surface area contributed by atoms with Gasteiger partial charge < -0.3 is 4.90 Å². The Hall–Kier alpha value is -1.22. The molecule has 1 heterocycles. The second kappa shape index (κ2) is 8.88. The SMILES string of the molecule is CC.CC(=O)c1cccc(CCCN(C)C)n1. The van der Waals surface area contributed by atoms with Gasteiger partial charge in [0, 0.05) is 12.6 Å². The largest absolute Gasteiger partial charge is 0.309 e. The highest BCUT2D eigenvalue weighted by Crippen LogP contribution is 2.03. The Morgan fingerprint density at radius 3 is 2.47 bits per heavy atom. The van der Waals surface area contributed by atoms with E-state index in [1.807, 2.05) is 26.0 Å². The van der Waals surface area contributed by atoms with E-state index in [4.69, 9.17) is 0 Å². The molecule has 1 aromatic heterocycles. The topological polar surface area (TPSA) is 33.2 Å². The van der Waals surface area contributed by atoms with Gasteiger partial charge in [0.25, 0.3) is 0 Å². The van der Waals surface area contributed by atoms with Crippen LogP contribution in [0.5, 0.6) is 0 Å². The molecule has 3 heteroatoms. The highest BCUT2D eigenvalue weighted by Gasteiger charge is 2.02. The second-order valence-electron chi connectivity index (χ2n) is 3.98. The van der Waals surface area contributed by atoms with Crippen molar-refractivity contribution in [1.82, 2.24) is 9.88 Å². The second-order valence-corrected chi connectivity index (χ2v) is 3.98. The van der Waals surface area contributed by atoms with Crippen LogP contribution in [0.3, 0.4) is 0 Å². The van der Waals surface area contributed by atoms with Crippen LogP contribution in [0.25, 0.3) is 0 Å². The van der Waals surface area contributed by atoms with Gasteiger partial charge in [0.05, 0.1) is 0 Å². The van der Waals surface area contributed by atoms with Gasteiger partial charge in [-0.3, -0.25) is 4.79 Å². The lowest BCUT2D eigenvalue weighted by Crippen LogP contribution is -2.13. The standard InChI is InChI=1S/C12H18N2O.C2H6/c1-10(15)12-8-4-6-11(13-12)7-5-9-14(2)3;1-2/h4,6,8H,5,7,9H2,1-3H3;1-2H3. The Morgan fingerprint density at radius 1 is 1.29 bits per heavy atom. The van der Waals surface area contributed by atoms with Crippen molar-refractivity contribution in [2.75, 3.05) is 20.6 Å². The van der Waals surface area contributed by atoms with E-state index < -0.39 is 0 Å². The first kappa shape index (κ1) is 15.8. The van der Waals surface area contributed by atoms with Crippen LogP contribution in [-0.2, 0) is 6.42 Å². The average Bonchev–Trinajstić information content (AvgIpc) is 2.31. The molecule has 0 aromatic carbocycles. The van der Waals surface area contributed by atoms with E-state index in [0.717, 1.165) is 25.1 Å². The summed E-state index contributed by atoms with van der Waals surface area (Å²) in [6.45, 7) is 6.60. The minimum Gasteiger partial charge on any atom is -0.309 e. The maximum Gasteiger partial charge on any atom is 0.178 e. The van der Waals surface area contributed by atoms with Crippen molar-refractivity contribution < 1.29 is 4.79 Å². The molecule has 0 atom stereocenters. The minimum absolute atomic E-state index is 0.0319. The van der Waals surface area contributed by atoms with Crippen LogP contribution in [0.2, 0.25) is 0 Å². The Balaban J connectivity index is 0.00000121. The normalized spacial score (nSPS) is 9.76. The highest BCUT2D eigenvalue weighted by molar-refractivity contribution is 5.92. The number of Topliss-reactive ketones (excluding diaryl/α,β-unsaturated/α-hetero) is 1. The number of nitrogens with zero attached hydrogens (tertiary/aromatic N) is 2. The molecule has 0 bridgehead atoms. The lowest BCUT2D eigenvalue weighted by molar-refractivity contribution is 0.101. The van der Waals surface area contributed by atoms with E-state index in [0.29, 0.717) is 5.69 Å². The molecule has 1 aromatic rings. The molecule has 0 unspecified atom stereocenters. The summed E-state index contributed by atoms with van der Waals surface area (Å²) in [4.78, 5) is 17.6. The van der Waals surface area contributed by atoms with Gasteiger partial charge in [0.2, 0.25) is 0 Å². The number of hydrogen-bond donors (Lipinski definition) is 0. The lowest BCUT2D eigenvalue weighted by atomic mass is 10.2. The van der Waals surface area contributed by atoms with E-state index in [-0.39, 0.29) is 5.78 Å². The summed E-state index contributed by atoms with van der Waals surface area (Å²) >= 11 is 0. The summed E-state index contributed by atoms with van der Waals surface area (Å²) in [5.74, 6) is 0.0319. The molecule has 0 aliphatic heterocycles. The summed E-state index contributed by atoms with van der Waals surface area (Å²) in [7, 11) is 4.11. The zero-order valence-corrected chi connectivity index (χ0v) is 11.7. The van der Waals surface area contributed by atoms with E-state index >= 15 is 0 Å². The molecule has 0 saturated heterocycles. The van der Waals surface area contributed by atoms with E-state index in [1.165, 1.54) is 0 Å². The van der Waals surface area contributed by atoms with Gasteiger partial charge in [0.15, 0.2) is 5.78 Å². The first-order chi connectivity index (χ1) is 8.09. The van der Waals surface area contributed by atoms with Gasteiger partial charge in [0.1, 0.15) is 5.69 Å². The van der Waals surface area contributed by atoms with Crippen LogP contribution < -0.4 is 0 Å². The average molecular weight is 236 g/mol. The van der Waals surface area contributed by atoms with Crippen LogP contribution in [0, 0.1) is 0 Å². The molecule has 0 saturated carbocycles. The Morgan fingerprint density at radius 2 is 1.94 bits per heavy atom. The van der Waals surface area contributed by atoms with Crippen LogP contribution in [0.1, 0.15) is 43.4 Å². The van der Waals surface area contributed by atoms with Crippen molar-refractivity contribution in [3.8, 4) is 0 Å². The molecule has 96 valence electrons. The number of rotatable bonds is 5. The van der Waals surface area contributed by atoms with Crippen LogP contribution in [0.4, 0.5) is 0 Å². The molecule has 0 fully saturated rings. The first-order valence-electron chi connectivity index (χ1n) is 6.21. The Labute approximate surface area is 105 Å². The monoisotopic (exact) mass is 236 g/mol. The van der Waals surface area contributed by atoms with Crippen molar-refractivity contribution in [3.05, 3.63) is 29.6 Å². The van der Waals surface area contributed by atoms with Gasteiger partial charge >= 0.3 is 0 Å². The van der Waals surface area contributed by atoms with Gasteiger partial charge in [-0.1, -0.05) is 19.9 Å². The zero-order chi connectivity index (χ0) is 13.3. The van der Waals surface area contributed by atoms with Crippen LogP contribution in [0.15, 0.2) is 18.2 Å². The number of pyridine rings is 1. The lowest BCUT2D eigenvalue weighted by Gasteiger charge is -2.08. The fourth-order valence-electron chi connectivity index (χ4n) is 1.39. The highest BCUT2D eigenvalue weighted by atomic mass is 16.1. The summed E-state index contributed by atoms with van der Waals surface area (Å²) in [6.07, 6.45) is 2.00. The van der Waals surface area contributed by atoms with Crippen molar-refractivity contribution in [2.24, 2.45) is 0 Å². The first-order valence-corrected chi connectivity index (χ1v) is 6.21. The van der Waals surface area contributed by atoms with Crippen LogP contribution >= 0.6 is 0 Å². The molecular formula is C14H24N2O. The molecule has 0 amide bonds. The smallest absolute Gasteiger partial charge is 0.178 e. The third kappa shape index (κ3) is 6.84. The van der Waals surface area contributed by atoms with Gasteiger partial charge in [-0.05, 0) is 45.6 Å². The van der Waals surface area contributed by atoms with Crippen molar-refractivity contribution in [2.45, 2.75) is 33.6 Å². The van der Waals surface area contributed by atoms with Gasteiger partial charge in [-0.15, -0.1) is 0 Å². The predicted molar refractivity (Wildman–Crippen MR) is 72.5 cm³/mol. The molecule has 0 aliphatic rings. The number of hydrogen-bond acceptors (Lipinski definition) is 3. The van der Waals surface area contributed by atoms with E-state index in [9.17, 15) is 4.79 Å². The van der Waals surface area contributed by atoms with Crippen LogP contribution in [-0.4, -0.2) is 36.3 Å². The molecule has 1 rings (SSSR count). The maximum absolute atomic E-state index is 11.1. The summed E-state index contributed by atoms with van der Waals surface area (Å²) in [5.41, 5.74) is 1.57. The molecule has 17 heavy (non-hydrogen) atoms. The number of carbonyl (C=O) groups excluding carboxylic acids is 1. The number of carbonyl (C=O) groups is 1. The number of aromatic nitrogens is 1. The zero-order valence-electron chi connectivity index (χ0n) is 11.7. The molecule has 0 aliphatic carbocycles. The predicted octanol–water partition coefficient (Wildman–Crippen LogP) is 2.80. The van der Waals surface area contributed by atoms with E-state index in [2.05, 4.69) is 24.0 Å².